The second kappa shape index (κ2) is 4.75. The van der Waals surface area contributed by atoms with Crippen molar-refractivity contribution >= 4 is 17.7 Å². The third-order valence-corrected chi connectivity index (χ3v) is 3.70. The number of amides is 1. The van der Waals surface area contributed by atoms with E-state index < -0.39 is 0 Å². The standard InChI is InChI=1S/C11H16N2OS/c1-10(12-4-2-3-5-12)11(14)13-6-8-15-9-7-13/h2-5,10H,6-9H2,1H3/t10-/m0/s1. The molecule has 1 aliphatic heterocycles. The van der Waals surface area contributed by atoms with Crippen LogP contribution in [0, 0.1) is 0 Å². The Bertz CT molecular complexity index is 317. The molecule has 1 aromatic rings. The van der Waals surface area contributed by atoms with E-state index in [0.29, 0.717) is 0 Å². The van der Waals surface area contributed by atoms with E-state index in [9.17, 15) is 4.79 Å². The summed E-state index contributed by atoms with van der Waals surface area (Å²) in [5.41, 5.74) is 0. The van der Waals surface area contributed by atoms with Gasteiger partial charge >= 0.3 is 0 Å². The summed E-state index contributed by atoms with van der Waals surface area (Å²) >= 11 is 1.92. The average molecular weight is 224 g/mol. The highest BCUT2D eigenvalue weighted by Gasteiger charge is 2.22. The lowest BCUT2D eigenvalue weighted by molar-refractivity contribution is -0.133. The zero-order chi connectivity index (χ0) is 10.7. The molecule has 0 unspecified atom stereocenters. The van der Waals surface area contributed by atoms with Gasteiger partial charge in [-0.2, -0.15) is 11.8 Å². The predicted octanol–water partition coefficient (Wildman–Crippen LogP) is 1.62. The fraction of sp³-hybridized carbons (Fsp3) is 0.545. The van der Waals surface area contributed by atoms with Crippen LogP contribution < -0.4 is 0 Å². The minimum absolute atomic E-state index is 0.0666. The first-order valence-electron chi connectivity index (χ1n) is 5.28. The Morgan fingerprint density at radius 3 is 2.47 bits per heavy atom. The van der Waals surface area contributed by atoms with E-state index in [1.165, 1.54) is 0 Å². The first-order valence-corrected chi connectivity index (χ1v) is 6.43. The molecular weight excluding hydrogens is 208 g/mol. The van der Waals surface area contributed by atoms with Gasteiger partial charge in [0, 0.05) is 37.0 Å². The Kier molecular flexibility index (Phi) is 3.36. The van der Waals surface area contributed by atoms with Gasteiger partial charge in [0.1, 0.15) is 6.04 Å². The topological polar surface area (TPSA) is 25.2 Å². The highest BCUT2D eigenvalue weighted by molar-refractivity contribution is 7.99. The predicted molar refractivity (Wildman–Crippen MR) is 63.0 cm³/mol. The van der Waals surface area contributed by atoms with Crippen molar-refractivity contribution in [1.29, 1.82) is 0 Å². The average Bonchev–Trinajstić information content (AvgIpc) is 2.82. The maximum atomic E-state index is 12.1. The van der Waals surface area contributed by atoms with Gasteiger partial charge in [-0.3, -0.25) is 4.79 Å². The van der Waals surface area contributed by atoms with Crippen molar-refractivity contribution in [1.82, 2.24) is 9.47 Å². The molecule has 2 rings (SSSR count). The van der Waals surface area contributed by atoms with Gasteiger partial charge in [-0.1, -0.05) is 0 Å². The molecule has 1 atom stereocenters. The van der Waals surface area contributed by atoms with Crippen LogP contribution in [0.5, 0.6) is 0 Å². The Morgan fingerprint density at radius 2 is 1.87 bits per heavy atom. The molecule has 0 aromatic carbocycles. The summed E-state index contributed by atoms with van der Waals surface area (Å²) in [6.07, 6.45) is 3.89. The van der Waals surface area contributed by atoms with Crippen molar-refractivity contribution in [3.63, 3.8) is 0 Å². The normalized spacial score (nSPS) is 18.9. The summed E-state index contributed by atoms with van der Waals surface area (Å²) in [6.45, 7) is 3.76. The van der Waals surface area contributed by atoms with Crippen LogP contribution in [0.1, 0.15) is 13.0 Å². The van der Waals surface area contributed by atoms with Crippen LogP contribution >= 0.6 is 11.8 Å². The van der Waals surface area contributed by atoms with Crippen LogP contribution in [0.3, 0.4) is 0 Å². The summed E-state index contributed by atoms with van der Waals surface area (Å²) in [5.74, 6) is 2.39. The molecule has 0 aliphatic carbocycles. The number of hydrogen-bond acceptors (Lipinski definition) is 2. The number of carbonyl (C=O) groups excluding carboxylic acids is 1. The van der Waals surface area contributed by atoms with Gasteiger partial charge in [0.2, 0.25) is 5.91 Å². The fourth-order valence-electron chi connectivity index (χ4n) is 1.78. The molecule has 15 heavy (non-hydrogen) atoms. The Hall–Kier alpha value is -0.900. The zero-order valence-corrected chi connectivity index (χ0v) is 9.74. The lowest BCUT2D eigenvalue weighted by Gasteiger charge is -2.29. The van der Waals surface area contributed by atoms with Crippen LogP contribution in [-0.4, -0.2) is 40.0 Å². The van der Waals surface area contributed by atoms with E-state index >= 15 is 0 Å². The second-order valence-electron chi connectivity index (χ2n) is 3.74. The Balaban J connectivity index is 2.00. The molecular formula is C11H16N2OS. The molecule has 82 valence electrons. The molecule has 1 amide bonds. The molecule has 3 nitrogen and oxygen atoms in total. The van der Waals surface area contributed by atoms with E-state index in [2.05, 4.69) is 0 Å². The highest BCUT2D eigenvalue weighted by Crippen LogP contribution is 2.15. The van der Waals surface area contributed by atoms with Gasteiger partial charge < -0.3 is 9.47 Å². The van der Waals surface area contributed by atoms with E-state index in [-0.39, 0.29) is 11.9 Å². The Labute approximate surface area is 94.4 Å². The number of thioether (sulfide) groups is 1. The summed E-state index contributed by atoms with van der Waals surface area (Å²) in [6, 6.07) is 3.84. The summed E-state index contributed by atoms with van der Waals surface area (Å²) in [7, 11) is 0. The zero-order valence-electron chi connectivity index (χ0n) is 8.93. The van der Waals surface area contributed by atoms with Gasteiger partial charge in [0.05, 0.1) is 0 Å². The molecule has 0 spiro atoms. The van der Waals surface area contributed by atoms with Crippen molar-refractivity contribution in [3.8, 4) is 0 Å². The number of rotatable bonds is 2. The maximum Gasteiger partial charge on any atom is 0.245 e. The van der Waals surface area contributed by atoms with Gasteiger partial charge in [0.15, 0.2) is 0 Å². The van der Waals surface area contributed by atoms with Crippen molar-refractivity contribution in [2.45, 2.75) is 13.0 Å². The smallest absolute Gasteiger partial charge is 0.245 e. The van der Waals surface area contributed by atoms with Crippen LogP contribution in [0.25, 0.3) is 0 Å². The minimum atomic E-state index is -0.0666. The summed E-state index contributed by atoms with van der Waals surface area (Å²) < 4.78 is 1.96. The molecule has 0 saturated carbocycles. The largest absolute Gasteiger partial charge is 0.342 e. The molecule has 4 heteroatoms. The minimum Gasteiger partial charge on any atom is -0.342 e. The van der Waals surface area contributed by atoms with E-state index in [1.54, 1.807) is 0 Å². The molecule has 1 saturated heterocycles. The van der Waals surface area contributed by atoms with Gasteiger partial charge in [-0.25, -0.2) is 0 Å². The fourth-order valence-corrected chi connectivity index (χ4v) is 2.68. The lowest BCUT2D eigenvalue weighted by atomic mass is 10.3. The maximum absolute atomic E-state index is 12.1. The molecule has 1 fully saturated rings. The second-order valence-corrected chi connectivity index (χ2v) is 4.97. The third kappa shape index (κ3) is 2.37. The van der Waals surface area contributed by atoms with Crippen molar-refractivity contribution < 1.29 is 4.79 Å². The quantitative estimate of drug-likeness (QED) is 0.763. The number of carbonyl (C=O) groups is 1. The molecule has 1 aromatic heterocycles. The van der Waals surface area contributed by atoms with Crippen molar-refractivity contribution in [2.24, 2.45) is 0 Å². The lowest BCUT2D eigenvalue weighted by Crippen LogP contribution is -2.41. The van der Waals surface area contributed by atoms with Crippen LogP contribution in [0.15, 0.2) is 24.5 Å². The first kappa shape index (κ1) is 10.6. The van der Waals surface area contributed by atoms with E-state index in [1.807, 2.05) is 52.7 Å². The van der Waals surface area contributed by atoms with Crippen molar-refractivity contribution in [2.75, 3.05) is 24.6 Å². The number of aromatic nitrogens is 1. The third-order valence-electron chi connectivity index (χ3n) is 2.75. The molecule has 0 bridgehead atoms. The van der Waals surface area contributed by atoms with E-state index in [4.69, 9.17) is 0 Å². The first-order chi connectivity index (χ1) is 7.29. The van der Waals surface area contributed by atoms with Crippen LogP contribution in [0.4, 0.5) is 0 Å². The molecule has 0 radical (unpaired) electrons. The van der Waals surface area contributed by atoms with Crippen LogP contribution in [-0.2, 0) is 4.79 Å². The number of nitrogens with zero attached hydrogens (tertiary/aromatic N) is 2. The Morgan fingerprint density at radius 1 is 1.27 bits per heavy atom. The summed E-state index contributed by atoms with van der Waals surface area (Å²) in [5, 5.41) is 0. The van der Waals surface area contributed by atoms with Crippen LogP contribution in [0.2, 0.25) is 0 Å². The SMILES string of the molecule is C[C@@H](C(=O)N1CCSCC1)n1cccc1. The van der Waals surface area contributed by atoms with Crippen molar-refractivity contribution in [3.05, 3.63) is 24.5 Å². The monoisotopic (exact) mass is 224 g/mol. The van der Waals surface area contributed by atoms with Gasteiger partial charge in [-0.15, -0.1) is 0 Å². The molecule has 1 aliphatic rings. The van der Waals surface area contributed by atoms with E-state index in [0.717, 1.165) is 24.6 Å². The summed E-state index contributed by atoms with van der Waals surface area (Å²) in [4.78, 5) is 14.1. The molecule has 0 N–H and O–H groups in total. The van der Waals surface area contributed by atoms with Gasteiger partial charge in [-0.05, 0) is 19.1 Å². The molecule has 2 heterocycles. The number of hydrogen-bond donors (Lipinski definition) is 0. The van der Waals surface area contributed by atoms with Gasteiger partial charge in [0.25, 0.3) is 0 Å². The highest BCUT2D eigenvalue weighted by atomic mass is 32.2.